The van der Waals surface area contributed by atoms with E-state index < -0.39 is 24.3 Å². The average molecular weight is 297 g/mol. The summed E-state index contributed by atoms with van der Waals surface area (Å²) in [5.41, 5.74) is 2.15. The molecule has 0 saturated carbocycles. The minimum absolute atomic E-state index is 0.0619. The average Bonchev–Trinajstić information content (AvgIpc) is 2.44. The molecule has 0 aliphatic heterocycles. The maximum atomic E-state index is 11.2. The van der Waals surface area contributed by atoms with Crippen molar-refractivity contribution in [3.05, 3.63) is 33.7 Å². The van der Waals surface area contributed by atoms with Crippen LogP contribution in [0, 0.1) is 5.92 Å². The van der Waals surface area contributed by atoms with Gasteiger partial charge in [-0.3, -0.25) is 14.4 Å². The van der Waals surface area contributed by atoms with E-state index in [1.165, 1.54) is 0 Å². The highest BCUT2D eigenvalue weighted by Crippen LogP contribution is 2.03. The number of rotatable bonds is 6. The molecule has 7 nitrogen and oxygen atoms in total. The maximum absolute atomic E-state index is 11.2. The van der Waals surface area contributed by atoms with Crippen molar-refractivity contribution in [2.75, 3.05) is 0 Å². The van der Waals surface area contributed by atoms with Crippen molar-refractivity contribution < 1.29 is 24.6 Å². The number of aliphatic carboxylic acids is 2. The number of carbonyl (C=O) groups is 3. The van der Waals surface area contributed by atoms with Crippen molar-refractivity contribution in [1.82, 2.24) is 4.98 Å². The van der Waals surface area contributed by atoms with Crippen molar-refractivity contribution in [1.29, 1.82) is 0 Å². The third-order valence-corrected chi connectivity index (χ3v) is 2.82. The molecule has 0 aromatic carbocycles. The molecule has 21 heavy (non-hydrogen) atoms. The van der Waals surface area contributed by atoms with Crippen LogP contribution in [0.4, 0.5) is 0 Å². The van der Waals surface area contributed by atoms with Crippen LogP contribution in [-0.4, -0.2) is 33.4 Å². The highest BCUT2D eigenvalue weighted by Gasteiger charge is 2.24. The Morgan fingerprint density at radius 2 is 1.81 bits per heavy atom. The molecule has 1 aromatic heterocycles. The van der Waals surface area contributed by atoms with Gasteiger partial charge in [0.15, 0.2) is 5.92 Å². The van der Waals surface area contributed by atoms with Gasteiger partial charge in [-0.15, -0.1) is 0 Å². The fourth-order valence-corrected chi connectivity index (χ4v) is 1.67. The molecule has 116 valence electrons. The number of aldehydes is 1. The van der Waals surface area contributed by atoms with Crippen molar-refractivity contribution in [2.45, 2.75) is 33.1 Å². The van der Waals surface area contributed by atoms with Crippen molar-refractivity contribution in [2.24, 2.45) is 5.92 Å². The summed E-state index contributed by atoms with van der Waals surface area (Å²) in [7, 11) is 0. The molecule has 0 aliphatic carbocycles. The first-order chi connectivity index (χ1) is 9.88. The van der Waals surface area contributed by atoms with Gasteiger partial charge in [-0.05, 0) is 24.5 Å². The monoisotopic (exact) mass is 297 g/mol. The van der Waals surface area contributed by atoms with Crippen LogP contribution in [0.3, 0.4) is 0 Å². The molecule has 0 saturated heterocycles. The van der Waals surface area contributed by atoms with Crippen LogP contribution in [0.5, 0.6) is 0 Å². The maximum Gasteiger partial charge on any atom is 0.318 e. The van der Waals surface area contributed by atoms with Gasteiger partial charge in [-0.2, -0.15) is 0 Å². The Hall–Kier alpha value is -2.44. The fraction of sp³-hybridized carbons (Fsp3) is 0.429. The number of carboxylic acids is 2. The fourth-order valence-electron chi connectivity index (χ4n) is 1.67. The van der Waals surface area contributed by atoms with Crippen LogP contribution in [0.15, 0.2) is 17.1 Å². The second kappa shape index (κ2) is 9.46. The zero-order chi connectivity index (χ0) is 16.4. The van der Waals surface area contributed by atoms with Crippen LogP contribution in [0.25, 0.3) is 0 Å². The lowest BCUT2D eigenvalue weighted by Crippen LogP contribution is -2.23. The van der Waals surface area contributed by atoms with E-state index in [4.69, 9.17) is 10.2 Å². The van der Waals surface area contributed by atoms with Crippen molar-refractivity contribution in [3.8, 4) is 0 Å². The number of aryl methyl sites for hydroxylation is 1. The van der Waals surface area contributed by atoms with E-state index in [1.807, 2.05) is 13.0 Å². The minimum atomic E-state index is -1.60. The molecule has 7 heteroatoms. The second-order valence-electron chi connectivity index (χ2n) is 4.15. The molecule has 0 fully saturated rings. The summed E-state index contributed by atoms with van der Waals surface area (Å²) in [6, 6.07) is 1.97. The number of hydrogen-bond acceptors (Lipinski definition) is 4. The summed E-state index contributed by atoms with van der Waals surface area (Å²) in [5, 5.41) is 16.3. The highest BCUT2D eigenvalue weighted by molar-refractivity contribution is 5.94. The third kappa shape index (κ3) is 6.03. The normalized spacial score (nSPS) is 9.67. The Labute approximate surface area is 121 Å². The zero-order valence-electron chi connectivity index (χ0n) is 12.0. The Kier molecular flexibility index (Phi) is 8.36. The van der Waals surface area contributed by atoms with Crippen LogP contribution in [0.1, 0.15) is 31.4 Å². The number of aromatic nitrogens is 1. The van der Waals surface area contributed by atoms with E-state index in [2.05, 4.69) is 11.9 Å². The van der Waals surface area contributed by atoms with Crippen molar-refractivity contribution >= 4 is 18.2 Å². The predicted molar refractivity (Wildman–Crippen MR) is 75.3 cm³/mol. The molecule has 3 N–H and O–H groups in total. The molecule has 1 rings (SSSR count). The van der Waals surface area contributed by atoms with Gasteiger partial charge in [0.25, 0.3) is 5.56 Å². The van der Waals surface area contributed by atoms with Crippen LogP contribution >= 0.6 is 0 Å². The van der Waals surface area contributed by atoms with Crippen LogP contribution in [-0.2, 0) is 27.2 Å². The summed E-state index contributed by atoms with van der Waals surface area (Å²) >= 11 is 0. The van der Waals surface area contributed by atoms with Gasteiger partial charge in [0.2, 0.25) is 0 Å². The largest absolute Gasteiger partial charge is 0.481 e. The number of pyridine rings is 1. The SMILES string of the molecule is CCc1cc[nH]c(=O)c1CC.O=CCC(C(=O)O)C(=O)O. The molecule has 0 atom stereocenters. The number of H-pyrrole nitrogens is 1. The molecule has 1 heterocycles. The lowest BCUT2D eigenvalue weighted by Gasteiger charge is -2.01. The standard InChI is InChI=1S/C9H13NO.C5H6O5/c1-3-7-5-6-10-9(11)8(7)4-2;6-2-1-3(4(7)8)5(9)10/h5-6H,3-4H2,1-2H3,(H,10,11);2-3H,1H2,(H,7,8)(H,9,10). The Balaban J connectivity index is 0.000000384. The molecular formula is C14H19NO6. The quantitative estimate of drug-likeness (QED) is 0.528. The first kappa shape index (κ1) is 18.6. The molecule has 0 bridgehead atoms. The molecular weight excluding hydrogens is 278 g/mol. The number of nitrogens with one attached hydrogen (secondary N) is 1. The first-order valence-electron chi connectivity index (χ1n) is 6.47. The summed E-state index contributed by atoms with van der Waals surface area (Å²) in [6.07, 6.45) is 3.25. The van der Waals surface area contributed by atoms with Gasteiger partial charge in [0.05, 0.1) is 0 Å². The van der Waals surface area contributed by atoms with Gasteiger partial charge in [-0.1, -0.05) is 13.8 Å². The van der Waals surface area contributed by atoms with Gasteiger partial charge < -0.3 is 20.0 Å². The topological polar surface area (TPSA) is 125 Å². The summed E-state index contributed by atoms with van der Waals surface area (Å²) in [5.74, 6) is -4.57. The lowest BCUT2D eigenvalue weighted by molar-refractivity contribution is -0.155. The summed E-state index contributed by atoms with van der Waals surface area (Å²) in [4.78, 5) is 43.5. The number of carboxylic acid groups (broad SMARTS) is 2. The molecule has 0 amide bonds. The predicted octanol–water partition coefficient (Wildman–Crippen LogP) is 0.860. The lowest BCUT2D eigenvalue weighted by atomic mass is 10.1. The van der Waals surface area contributed by atoms with E-state index in [-0.39, 0.29) is 11.8 Å². The number of carbonyl (C=O) groups excluding carboxylic acids is 1. The first-order valence-corrected chi connectivity index (χ1v) is 6.47. The van der Waals surface area contributed by atoms with Crippen LogP contribution < -0.4 is 5.56 Å². The van der Waals surface area contributed by atoms with Gasteiger partial charge in [0, 0.05) is 18.2 Å². The summed E-state index contributed by atoms with van der Waals surface area (Å²) in [6.45, 7) is 4.07. The molecule has 0 unspecified atom stereocenters. The van der Waals surface area contributed by atoms with Gasteiger partial charge in [0.1, 0.15) is 6.29 Å². The van der Waals surface area contributed by atoms with E-state index in [0.717, 1.165) is 24.0 Å². The van der Waals surface area contributed by atoms with Gasteiger partial charge in [-0.25, -0.2) is 0 Å². The van der Waals surface area contributed by atoms with Crippen molar-refractivity contribution in [3.63, 3.8) is 0 Å². The smallest absolute Gasteiger partial charge is 0.318 e. The van der Waals surface area contributed by atoms with E-state index >= 15 is 0 Å². The van der Waals surface area contributed by atoms with Gasteiger partial charge >= 0.3 is 11.9 Å². The Morgan fingerprint density at radius 1 is 1.24 bits per heavy atom. The minimum Gasteiger partial charge on any atom is -0.481 e. The number of hydrogen-bond donors (Lipinski definition) is 3. The second-order valence-corrected chi connectivity index (χ2v) is 4.15. The van der Waals surface area contributed by atoms with E-state index in [1.54, 1.807) is 6.20 Å². The molecule has 0 aliphatic rings. The zero-order valence-corrected chi connectivity index (χ0v) is 12.0. The molecule has 1 aromatic rings. The van der Waals surface area contributed by atoms with E-state index in [0.29, 0.717) is 0 Å². The Bertz CT molecular complexity index is 535. The molecule has 0 spiro atoms. The van der Waals surface area contributed by atoms with E-state index in [9.17, 15) is 19.2 Å². The number of aromatic amines is 1. The highest BCUT2D eigenvalue weighted by atomic mass is 16.4. The third-order valence-electron chi connectivity index (χ3n) is 2.82. The molecule has 0 radical (unpaired) electrons. The summed E-state index contributed by atoms with van der Waals surface area (Å²) < 4.78 is 0. The van der Waals surface area contributed by atoms with Crippen LogP contribution in [0.2, 0.25) is 0 Å². The Morgan fingerprint density at radius 3 is 2.10 bits per heavy atom.